The monoisotopic (exact) mass is 348 g/mol. The lowest BCUT2D eigenvalue weighted by Gasteiger charge is -2.31. The molecule has 4 nitrogen and oxygen atoms in total. The molecule has 2 N–H and O–H groups in total. The lowest BCUT2D eigenvalue weighted by molar-refractivity contribution is 0.290. The summed E-state index contributed by atoms with van der Waals surface area (Å²) in [6.45, 7) is 4.27. The number of aromatic hydroxyl groups is 1. The number of nitrogens with one attached hydrogen (secondary N) is 1. The molecule has 1 heterocycles. The van der Waals surface area contributed by atoms with Gasteiger partial charge in [-0.1, -0.05) is 42.5 Å². The molecule has 0 spiro atoms. The Morgan fingerprint density at radius 3 is 2.81 bits per heavy atom. The van der Waals surface area contributed by atoms with E-state index in [4.69, 9.17) is 4.74 Å². The van der Waals surface area contributed by atoms with Crippen LogP contribution in [0.5, 0.6) is 11.5 Å². The number of rotatable bonds is 6. The van der Waals surface area contributed by atoms with Crippen LogP contribution in [-0.2, 0) is 6.54 Å². The van der Waals surface area contributed by atoms with Crippen LogP contribution in [0.2, 0.25) is 0 Å². The van der Waals surface area contributed by atoms with E-state index in [2.05, 4.69) is 52.7 Å². The zero-order valence-corrected chi connectivity index (χ0v) is 14.8. The van der Waals surface area contributed by atoms with E-state index in [1.807, 2.05) is 12.1 Å². The molecule has 0 radical (unpaired) electrons. The Labute approximate surface area is 154 Å². The summed E-state index contributed by atoms with van der Waals surface area (Å²) in [6.07, 6.45) is 1.04. The molecule has 0 unspecified atom stereocenters. The lowest BCUT2D eigenvalue weighted by Crippen LogP contribution is -2.34. The van der Waals surface area contributed by atoms with Crippen molar-refractivity contribution >= 4 is 16.5 Å². The summed E-state index contributed by atoms with van der Waals surface area (Å²) in [5.74, 6) is 0.838. The summed E-state index contributed by atoms with van der Waals surface area (Å²) in [6, 6.07) is 20.6. The van der Waals surface area contributed by atoms with Crippen molar-refractivity contribution in [1.82, 2.24) is 5.32 Å². The standard InChI is InChI=1S/C22H24N2O2/c25-21-8-3-7-20-22(21)26-14-13-24(20)12-4-11-23-16-17-9-10-18-5-1-2-6-19(18)15-17/h1-3,5-10,15,23,25H,4,11-14,16H2. The van der Waals surface area contributed by atoms with Gasteiger partial charge in [-0.15, -0.1) is 0 Å². The zero-order chi connectivity index (χ0) is 17.8. The van der Waals surface area contributed by atoms with E-state index in [0.717, 1.165) is 38.3 Å². The fourth-order valence-electron chi connectivity index (χ4n) is 3.50. The van der Waals surface area contributed by atoms with Gasteiger partial charge in [-0.05, 0) is 47.5 Å². The first-order valence-corrected chi connectivity index (χ1v) is 9.19. The maximum absolute atomic E-state index is 9.92. The van der Waals surface area contributed by atoms with Crippen LogP contribution in [0.25, 0.3) is 10.8 Å². The van der Waals surface area contributed by atoms with E-state index in [1.54, 1.807) is 6.07 Å². The van der Waals surface area contributed by atoms with E-state index in [-0.39, 0.29) is 5.75 Å². The number of nitrogens with zero attached hydrogens (tertiary/aromatic N) is 1. The minimum Gasteiger partial charge on any atom is -0.504 e. The van der Waals surface area contributed by atoms with Crippen molar-refractivity contribution in [2.45, 2.75) is 13.0 Å². The summed E-state index contributed by atoms with van der Waals surface area (Å²) in [7, 11) is 0. The second-order valence-electron chi connectivity index (χ2n) is 6.67. The number of phenols is 1. The molecule has 0 fully saturated rings. The Hall–Kier alpha value is -2.72. The molecule has 0 bridgehead atoms. The molecule has 0 saturated heterocycles. The zero-order valence-electron chi connectivity index (χ0n) is 14.8. The van der Waals surface area contributed by atoms with Crippen molar-refractivity contribution < 1.29 is 9.84 Å². The highest BCUT2D eigenvalue weighted by Gasteiger charge is 2.20. The molecule has 0 aromatic heterocycles. The average molecular weight is 348 g/mol. The molecule has 0 saturated carbocycles. The summed E-state index contributed by atoms with van der Waals surface area (Å²) >= 11 is 0. The Kier molecular flexibility index (Phi) is 4.93. The maximum Gasteiger partial charge on any atom is 0.184 e. The fourth-order valence-corrected chi connectivity index (χ4v) is 3.50. The molecule has 134 valence electrons. The van der Waals surface area contributed by atoms with Crippen molar-refractivity contribution in [1.29, 1.82) is 0 Å². The number of phenolic OH excluding ortho intramolecular Hbond substituents is 1. The third-order valence-corrected chi connectivity index (χ3v) is 4.85. The van der Waals surface area contributed by atoms with Crippen molar-refractivity contribution in [2.24, 2.45) is 0 Å². The molecule has 26 heavy (non-hydrogen) atoms. The molecule has 1 aliphatic heterocycles. The predicted molar refractivity (Wildman–Crippen MR) is 106 cm³/mol. The minimum atomic E-state index is 0.224. The molecular weight excluding hydrogens is 324 g/mol. The van der Waals surface area contributed by atoms with Gasteiger partial charge in [0.25, 0.3) is 0 Å². The largest absolute Gasteiger partial charge is 0.504 e. The van der Waals surface area contributed by atoms with E-state index >= 15 is 0 Å². The van der Waals surface area contributed by atoms with Gasteiger partial charge in [0, 0.05) is 13.1 Å². The molecular formula is C22H24N2O2. The first-order chi connectivity index (χ1) is 12.8. The predicted octanol–water partition coefficient (Wildman–Crippen LogP) is 3.92. The number of ether oxygens (including phenoxy) is 1. The first-order valence-electron chi connectivity index (χ1n) is 9.19. The van der Waals surface area contributed by atoms with Gasteiger partial charge >= 0.3 is 0 Å². The second kappa shape index (κ2) is 7.67. The van der Waals surface area contributed by atoms with Crippen LogP contribution >= 0.6 is 0 Å². The van der Waals surface area contributed by atoms with Crippen molar-refractivity contribution in [3.8, 4) is 11.5 Å². The van der Waals surface area contributed by atoms with E-state index in [0.29, 0.717) is 12.4 Å². The molecule has 0 aliphatic carbocycles. The molecule has 3 aromatic rings. The van der Waals surface area contributed by atoms with E-state index < -0.39 is 0 Å². The topological polar surface area (TPSA) is 44.7 Å². The molecule has 0 atom stereocenters. The van der Waals surface area contributed by atoms with Crippen LogP contribution in [0.4, 0.5) is 5.69 Å². The first kappa shape index (κ1) is 16.7. The quantitative estimate of drug-likeness (QED) is 0.663. The highest BCUT2D eigenvalue weighted by Crippen LogP contribution is 2.38. The highest BCUT2D eigenvalue weighted by atomic mass is 16.5. The molecule has 4 rings (SSSR count). The van der Waals surface area contributed by atoms with Gasteiger partial charge < -0.3 is 20.1 Å². The number of hydrogen-bond donors (Lipinski definition) is 2. The van der Waals surface area contributed by atoms with Gasteiger partial charge in [-0.2, -0.15) is 0 Å². The maximum atomic E-state index is 9.92. The van der Waals surface area contributed by atoms with Crippen LogP contribution in [0.15, 0.2) is 60.7 Å². The SMILES string of the molecule is Oc1cccc2c1OCCN2CCCNCc1ccc2ccccc2c1. The van der Waals surface area contributed by atoms with Crippen molar-refractivity contribution in [3.05, 3.63) is 66.2 Å². The number of benzene rings is 3. The third-order valence-electron chi connectivity index (χ3n) is 4.85. The Balaban J connectivity index is 1.27. The van der Waals surface area contributed by atoms with Crippen LogP contribution in [0.3, 0.4) is 0 Å². The van der Waals surface area contributed by atoms with Crippen molar-refractivity contribution in [3.63, 3.8) is 0 Å². The lowest BCUT2D eigenvalue weighted by atomic mass is 10.1. The van der Waals surface area contributed by atoms with E-state index in [1.165, 1.54) is 16.3 Å². The Morgan fingerprint density at radius 2 is 1.88 bits per heavy atom. The highest BCUT2D eigenvalue weighted by molar-refractivity contribution is 5.82. The molecule has 1 aliphatic rings. The van der Waals surface area contributed by atoms with Gasteiger partial charge in [-0.3, -0.25) is 0 Å². The van der Waals surface area contributed by atoms with E-state index in [9.17, 15) is 5.11 Å². The van der Waals surface area contributed by atoms with Gasteiger partial charge in [0.1, 0.15) is 6.61 Å². The number of hydrogen-bond acceptors (Lipinski definition) is 4. The number of fused-ring (bicyclic) bond motifs is 2. The van der Waals surface area contributed by atoms with Crippen LogP contribution in [-0.4, -0.2) is 31.3 Å². The van der Waals surface area contributed by atoms with Crippen LogP contribution < -0.4 is 15.0 Å². The molecule has 3 aromatic carbocycles. The fraction of sp³-hybridized carbons (Fsp3) is 0.273. The normalized spacial score (nSPS) is 13.5. The summed E-state index contributed by atoms with van der Waals surface area (Å²) in [5.41, 5.74) is 2.30. The molecule has 0 amide bonds. The van der Waals surface area contributed by atoms with Gasteiger partial charge in [0.05, 0.1) is 12.2 Å². The summed E-state index contributed by atoms with van der Waals surface area (Å²) in [5, 5.41) is 16.0. The summed E-state index contributed by atoms with van der Waals surface area (Å²) < 4.78 is 5.60. The van der Waals surface area contributed by atoms with Gasteiger partial charge in [0.2, 0.25) is 0 Å². The molecule has 4 heteroatoms. The Bertz CT molecular complexity index is 894. The Morgan fingerprint density at radius 1 is 1.00 bits per heavy atom. The number of anilines is 1. The third kappa shape index (κ3) is 3.60. The smallest absolute Gasteiger partial charge is 0.184 e. The van der Waals surface area contributed by atoms with Crippen LogP contribution in [0.1, 0.15) is 12.0 Å². The average Bonchev–Trinajstić information content (AvgIpc) is 2.68. The van der Waals surface area contributed by atoms with Crippen LogP contribution in [0, 0.1) is 0 Å². The number of para-hydroxylation sites is 1. The summed E-state index contributed by atoms with van der Waals surface area (Å²) in [4.78, 5) is 2.29. The minimum absolute atomic E-state index is 0.224. The van der Waals surface area contributed by atoms with Crippen molar-refractivity contribution in [2.75, 3.05) is 31.1 Å². The second-order valence-corrected chi connectivity index (χ2v) is 6.67. The van der Waals surface area contributed by atoms with Gasteiger partial charge in [0.15, 0.2) is 11.5 Å². The van der Waals surface area contributed by atoms with Gasteiger partial charge in [-0.25, -0.2) is 0 Å².